The van der Waals surface area contributed by atoms with Crippen LogP contribution < -0.4 is 14.4 Å². The van der Waals surface area contributed by atoms with E-state index in [4.69, 9.17) is 21.1 Å². The third kappa shape index (κ3) is 6.26. The number of likely N-dealkylation sites (tertiary alicyclic amines) is 1. The van der Waals surface area contributed by atoms with E-state index in [0.29, 0.717) is 40.6 Å². The van der Waals surface area contributed by atoms with E-state index in [2.05, 4.69) is 0 Å². The summed E-state index contributed by atoms with van der Waals surface area (Å²) >= 11 is 6.22. The number of carbonyl (C=O) groups excluding carboxylic acids is 2. The predicted octanol–water partition coefficient (Wildman–Crippen LogP) is 6.53. The summed E-state index contributed by atoms with van der Waals surface area (Å²) < 4.78 is 37.4. The van der Waals surface area contributed by atoms with Gasteiger partial charge in [-0.25, -0.2) is 0 Å². The lowest BCUT2D eigenvalue weighted by atomic mass is 9.77. The maximum Gasteiger partial charge on any atom is 0.315 e. The normalized spacial score (nSPS) is 18.8. The zero-order valence-corrected chi connectivity index (χ0v) is 26.0. The number of halogens is 3. The van der Waals surface area contributed by atoms with Crippen LogP contribution in [0.15, 0.2) is 60.7 Å². The molecule has 1 unspecified atom stereocenters. The highest BCUT2D eigenvalue weighted by Gasteiger charge is 2.39. The van der Waals surface area contributed by atoms with E-state index < -0.39 is 24.0 Å². The molecule has 1 fully saturated rings. The van der Waals surface area contributed by atoms with Crippen LogP contribution in [-0.4, -0.2) is 54.5 Å². The Morgan fingerprint density at radius 1 is 1.02 bits per heavy atom. The highest BCUT2D eigenvalue weighted by atomic mass is 35.5. The van der Waals surface area contributed by atoms with Gasteiger partial charge in [0.15, 0.2) is 11.5 Å². The molecule has 2 aliphatic rings. The number of aliphatic hydroxyl groups is 1. The average Bonchev–Trinajstić information content (AvgIpc) is 3.00. The van der Waals surface area contributed by atoms with Gasteiger partial charge in [-0.3, -0.25) is 9.59 Å². The molecule has 0 radical (unpaired) electrons. The molecule has 2 aliphatic heterocycles. The van der Waals surface area contributed by atoms with Crippen LogP contribution >= 0.6 is 11.6 Å². The zero-order valence-electron chi connectivity index (χ0n) is 25.2. The SMILES string of the molecule is COc1cc2c(cc1OC(C)C)C(c1ccc(Cl)cc1)N(c1ccc([C@@](C)(O)C3CCN(C(=O)C(F)F)CC3)cc1)C(=O)C2. The third-order valence-corrected chi connectivity index (χ3v) is 8.91. The maximum atomic E-state index is 13.8. The Morgan fingerprint density at radius 3 is 2.23 bits per heavy atom. The molecule has 1 N–H and O–H groups in total. The van der Waals surface area contributed by atoms with E-state index >= 15 is 0 Å². The molecule has 3 aromatic rings. The van der Waals surface area contributed by atoms with E-state index in [0.717, 1.165) is 21.6 Å². The minimum Gasteiger partial charge on any atom is -0.493 e. The first-order valence-electron chi connectivity index (χ1n) is 14.8. The molecular formula is C34H37ClF2N2O5. The number of hydrogen-bond acceptors (Lipinski definition) is 5. The molecule has 234 valence electrons. The Morgan fingerprint density at radius 2 is 1.66 bits per heavy atom. The minimum atomic E-state index is -3.03. The highest BCUT2D eigenvalue weighted by molar-refractivity contribution is 6.30. The summed E-state index contributed by atoms with van der Waals surface area (Å²) in [7, 11) is 1.57. The quantitative estimate of drug-likeness (QED) is 0.308. The van der Waals surface area contributed by atoms with Crippen LogP contribution in [0.2, 0.25) is 5.02 Å². The average molecular weight is 627 g/mol. The van der Waals surface area contributed by atoms with E-state index in [-0.39, 0.29) is 37.4 Å². The number of amides is 2. The van der Waals surface area contributed by atoms with Crippen molar-refractivity contribution in [1.82, 2.24) is 4.90 Å². The number of ether oxygens (including phenoxy) is 2. The molecule has 0 bridgehead atoms. The first kappa shape index (κ1) is 31.7. The maximum absolute atomic E-state index is 13.8. The number of nitrogens with zero attached hydrogens (tertiary/aromatic N) is 2. The van der Waals surface area contributed by atoms with Crippen LogP contribution in [0.25, 0.3) is 0 Å². The van der Waals surface area contributed by atoms with E-state index in [1.807, 2.05) is 50.2 Å². The monoisotopic (exact) mass is 626 g/mol. The molecule has 10 heteroatoms. The lowest BCUT2D eigenvalue weighted by molar-refractivity contribution is -0.146. The van der Waals surface area contributed by atoms with Gasteiger partial charge in [0.1, 0.15) is 0 Å². The molecule has 0 aromatic heterocycles. The topological polar surface area (TPSA) is 79.3 Å². The lowest BCUT2D eigenvalue weighted by Gasteiger charge is -2.40. The number of methoxy groups -OCH3 is 1. The van der Waals surface area contributed by atoms with Crippen LogP contribution in [0, 0.1) is 5.92 Å². The van der Waals surface area contributed by atoms with Crippen molar-refractivity contribution in [2.75, 3.05) is 25.1 Å². The Balaban J connectivity index is 1.48. The van der Waals surface area contributed by atoms with Gasteiger partial charge < -0.3 is 24.4 Å². The van der Waals surface area contributed by atoms with Gasteiger partial charge in [0.05, 0.1) is 31.3 Å². The van der Waals surface area contributed by atoms with Crippen molar-refractivity contribution in [2.45, 2.75) is 64.2 Å². The van der Waals surface area contributed by atoms with Crippen molar-refractivity contribution < 1.29 is 33.0 Å². The fraction of sp³-hybridized carbons (Fsp3) is 0.412. The second-order valence-electron chi connectivity index (χ2n) is 11.9. The van der Waals surface area contributed by atoms with E-state index in [1.54, 1.807) is 43.2 Å². The Kier molecular flexibility index (Phi) is 9.18. The van der Waals surface area contributed by atoms with Crippen molar-refractivity contribution in [2.24, 2.45) is 5.92 Å². The van der Waals surface area contributed by atoms with Crippen LogP contribution in [-0.2, 0) is 21.6 Å². The number of hydrogen-bond donors (Lipinski definition) is 1. The summed E-state index contributed by atoms with van der Waals surface area (Å²) in [4.78, 5) is 28.5. The molecular weight excluding hydrogens is 590 g/mol. The molecule has 0 saturated carbocycles. The van der Waals surface area contributed by atoms with Crippen molar-refractivity contribution in [1.29, 1.82) is 0 Å². The number of alkyl halides is 2. The van der Waals surface area contributed by atoms with E-state index in [9.17, 15) is 23.5 Å². The summed E-state index contributed by atoms with van der Waals surface area (Å²) in [5, 5.41) is 12.1. The molecule has 2 heterocycles. The van der Waals surface area contributed by atoms with Gasteiger partial charge in [-0.15, -0.1) is 0 Å². The van der Waals surface area contributed by atoms with Crippen molar-refractivity contribution >= 4 is 29.1 Å². The van der Waals surface area contributed by atoms with Gasteiger partial charge in [0.25, 0.3) is 5.91 Å². The fourth-order valence-electron chi connectivity index (χ4n) is 6.32. The smallest absolute Gasteiger partial charge is 0.315 e. The number of benzene rings is 3. The van der Waals surface area contributed by atoms with Crippen molar-refractivity contribution in [3.05, 3.63) is 87.9 Å². The molecule has 2 amide bonds. The zero-order chi connectivity index (χ0) is 31.8. The lowest BCUT2D eigenvalue weighted by Crippen LogP contribution is -2.46. The minimum absolute atomic E-state index is 0.0883. The number of anilines is 1. The predicted molar refractivity (Wildman–Crippen MR) is 165 cm³/mol. The van der Waals surface area contributed by atoms with Crippen LogP contribution in [0.4, 0.5) is 14.5 Å². The number of carbonyl (C=O) groups is 2. The summed E-state index contributed by atoms with van der Waals surface area (Å²) in [6.07, 6.45) is -2.16. The van der Waals surface area contributed by atoms with Crippen LogP contribution in [0.1, 0.15) is 61.9 Å². The molecule has 7 nitrogen and oxygen atoms in total. The van der Waals surface area contributed by atoms with E-state index in [1.165, 1.54) is 0 Å². The Hall–Kier alpha value is -3.69. The largest absolute Gasteiger partial charge is 0.493 e. The molecule has 1 saturated heterocycles. The number of piperidine rings is 1. The highest BCUT2D eigenvalue weighted by Crippen LogP contribution is 2.44. The van der Waals surface area contributed by atoms with Crippen molar-refractivity contribution in [3.8, 4) is 11.5 Å². The molecule has 2 atom stereocenters. The number of fused-ring (bicyclic) bond motifs is 1. The molecule has 0 aliphatic carbocycles. The van der Waals surface area contributed by atoms with Gasteiger partial charge in [-0.1, -0.05) is 35.9 Å². The van der Waals surface area contributed by atoms with Crippen LogP contribution in [0.3, 0.4) is 0 Å². The van der Waals surface area contributed by atoms with Gasteiger partial charge in [0.2, 0.25) is 5.91 Å². The van der Waals surface area contributed by atoms with Gasteiger partial charge >= 0.3 is 6.43 Å². The molecule has 3 aromatic carbocycles. The Labute approximate surface area is 261 Å². The fourth-order valence-corrected chi connectivity index (χ4v) is 6.45. The molecule has 0 spiro atoms. The molecule has 5 rings (SSSR count). The second kappa shape index (κ2) is 12.7. The van der Waals surface area contributed by atoms with Gasteiger partial charge in [-0.05, 0) is 98.2 Å². The third-order valence-electron chi connectivity index (χ3n) is 8.66. The Bertz CT molecular complexity index is 1500. The summed E-state index contributed by atoms with van der Waals surface area (Å²) in [5.74, 6) is -0.356. The first-order valence-corrected chi connectivity index (χ1v) is 15.1. The van der Waals surface area contributed by atoms with Crippen LogP contribution in [0.5, 0.6) is 11.5 Å². The summed E-state index contributed by atoms with van der Waals surface area (Å²) in [5.41, 5.74) is 2.65. The van der Waals surface area contributed by atoms with Gasteiger partial charge in [0, 0.05) is 23.8 Å². The number of rotatable bonds is 8. The second-order valence-corrected chi connectivity index (χ2v) is 12.3. The summed E-state index contributed by atoms with van der Waals surface area (Å²) in [6.45, 7) is 5.92. The van der Waals surface area contributed by atoms with Gasteiger partial charge in [-0.2, -0.15) is 8.78 Å². The summed E-state index contributed by atoms with van der Waals surface area (Å²) in [6, 6.07) is 18.0. The molecule has 44 heavy (non-hydrogen) atoms. The first-order chi connectivity index (χ1) is 20.9. The standard InChI is InChI=1S/C34H37ClF2N2O5/c1-20(2)44-29-19-27-22(17-28(29)43-4)18-30(40)39(31(27)21-5-9-25(35)10-6-21)26-11-7-23(8-12-26)34(3,42)24-13-15-38(16-14-24)33(41)32(36)37/h5-12,17,19-20,24,31-32,42H,13-16,18H2,1-4H3/t31?,34-/m1/s1. The van der Waals surface area contributed by atoms with Crippen molar-refractivity contribution in [3.63, 3.8) is 0 Å².